The van der Waals surface area contributed by atoms with Gasteiger partial charge in [0, 0.05) is 41.8 Å². The van der Waals surface area contributed by atoms with Gasteiger partial charge in [0.2, 0.25) is 17.7 Å². The molecule has 43 heavy (non-hydrogen) atoms. The van der Waals surface area contributed by atoms with E-state index < -0.39 is 47.9 Å². The van der Waals surface area contributed by atoms with E-state index in [9.17, 15) is 24.3 Å². The standard InChI is InChI=1S/C31H37N7O5/c1-18(2)27(31(42)43)38-30(41)25(12-19-8-4-3-5-9-19)37-29(40)26(14-21-16-33-17-35-21)36-28(39)23(32)13-20-15-34-24-11-7-6-10-22(20)24/h3-11,15-18,23,25-27,34H,12-14,32H2,1-2H3,(H,33,35)(H,36,39)(H,37,40)(H,38,41)(H,42,43). The molecule has 0 fully saturated rings. The van der Waals surface area contributed by atoms with Crippen LogP contribution < -0.4 is 21.7 Å². The number of amides is 3. The summed E-state index contributed by atoms with van der Waals surface area (Å²) in [6.45, 7) is 3.36. The Morgan fingerprint density at radius 3 is 2.16 bits per heavy atom. The summed E-state index contributed by atoms with van der Waals surface area (Å²) in [5.41, 5.74) is 9.42. The zero-order valence-corrected chi connectivity index (χ0v) is 24.0. The van der Waals surface area contributed by atoms with Crippen LogP contribution in [0.5, 0.6) is 0 Å². The van der Waals surface area contributed by atoms with Crippen LogP contribution >= 0.6 is 0 Å². The fraction of sp³-hybridized carbons (Fsp3) is 0.323. The van der Waals surface area contributed by atoms with Gasteiger partial charge < -0.3 is 36.8 Å². The summed E-state index contributed by atoms with van der Waals surface area (Å²) in [6, 6.07) is 12.4. The molecule has 4 rings (SSSR count). The summed E-state index contributed by atoms with van der Waals surface area (Å²) in [6.07, 6.45) is 5.19. The van der Waals surface area contributed by atoms with Crippen molar-refractivity contribution in [1.29, 1.82) is 0 Å². The highest BCUT2D eigenvalue weighted by Gasteiger charge is 2.32. The molecule has 4 atom stereocenters. The number of rotatable bonds is 14. The Bertz CT molecular complexity index is 1530. The van der Waals surface area contributed by atoms with E-state index in [4.69, 9.17) is 5.73 Å². The van der Waals surface area contributed by atoms with Crippen LogP contribution in [0.4, 0.5) is 0 Å². The molecule has 226 valence electrons. The monoisotopic (exact) mass is 587 g/mol. The van der Waals surface area contributed by atoms with Crippen molar-refractivity contribution in [3.05, 3.63) is 90.1 Å². The van der Waals surface area contributed by atoms with Gasteiger partial charge in [-0.25, -0.2) is 9.78 Å². The average Bonchev–Trinajstić information content (AvgIpc) is 3.65. The van der Waals surface area contributed by atoms with E-state index in [0.29, 0.717) is 5.69 Å². The molecular weight excluding hydrogens is 550 g/mol. The summed E-state index contributed by atoms with van der Waals surface area (Å²) < 4.78 is 0. The smallest absolute Gasteiger partial charge is 0.326 e. The number of benzene rings is 2. The number of carboxylic acids is 1. The van der Waals surface area contributed by atoms with Crippen LogP contribution in [0, 0.1) is 5.92 Å². The molecule has 0 aliphatic heterocycles. The summed E-state index contributed by atoms with van der Waals surface area (Å²) in [7, 11) is 0. The SMILES string of the molecule is CC(C)C(NC(=O)C(Cc1ccccc1)NC(=O)C(Cc1cnc[nH]1)NC(=O)C(N)Cc1c[nH]c2ccccc12)C(=O)O. The van der Waals surface area contributed by atoms with Crippen LogP contribution in [-0.4, -0.2) is 67.9 Å². The second-order valence-corrected chi connectivity index (χ2v) is 10.8. The van der Waals surface area contributed by atoms with E-state index >= 15 is 0 Å². The van der Waals surface area contributed by atoms with Gasteiger partial charge in [0.1, 0.15) is 18.1 Å². The Balaban J connectivity index is 1.52. The third-order valence-corrected chi connectivity index (χ3v) is 7.21. The highest BCUT2D eigenvalue weighted by molar-refractivity contribution is 5.94. The molecule has 3 amide bonds. The maximum atomic E-state index is 13.7. The third-order valence-electron chi connectivity index (χ3n) is 7.21. The number of H-pyrrole nitrogens is 2. The first-order valence-corrected chi connectivity index (χ1v) is 14.1. The predicted octanol–water partition coefficient (Wildman–Crippen LogP) is 1.44. The van der Waals surface area contributed by atoms with Gasteiger partial charge in [-0.3, -0.25) is 14.4 Å². The lowest BCUT2D eigenvalue weighted by Crippen LogP contribution is -2.58. The van der Waals surface area contributed by atoms with Gasteiger partial charge >= 0.3 is 5.97 Å². The maximum absolute atomic E-state index is 13.7. The average molecular weight is 588 g/mol. The Labute approximate surface area is 248 Å². The summed E-state index contributed by atoms with van der Waals surface area (Å²) >= 11 is 0. The molecule has 2 aromatic carbocycles. The number of carboxylic acid groups (broad SMARTS) is 1. The number of aliphatic carboxylic acids is 1. The molecule has 12 heteroatoms. The highest BCUT2D eigenvalue weighted by atomic mass is 16.4. The number of nitrogens with zero attached hydrogens (tertiary/aromatic N) is 1. The zero-order valence-electron chi connectivity index (χ0n) is 24.0. The second kappa shape index (κ2) is 14.3. The van der Waals surface area contributed by atoms with Crippen molar-refractivity contribution in [2.75, 3.05) is 0 Å². The van der Waals surface area contributed by atoms with Crippen molar-refractivity contribution in [3.8, 4) is 0 Å². The number of para-hydroxylation sites is 1. The number of nitrogens with one attached hydrogen (secondary N) is 5. The number of aromatic amines is 2. The Hall–Kier alpha value is -4.97. The summed E-state index contributed by atoms with van der Waals surface area (Å²) in [5.74, 6) is -3.39. The van der Waals surface area contributed by atoms with Gasteiger partial charge in [-0.05, 0) is 29.5 Å². The molecule has 2 aromatic heterocycles. The van der Waals surface area contributed by atoms with Crippen LogP contribution in [0.1, 0.15) is 30.7 Å². The quantitative estimate of drug-likeness (QED) is 0.116. The zero-order chi connectivity index (χ0) is 30.9. The molecule has 0 bridgehead atoms. The minimum atomic E-state index is -1.18. The van der Waals surface area contributed by atoms with E-state index in [1.165, 1.54) is 12.5 Å². The first-order valence-electron chi connectivity index (χ1n) is 14.1. The third kappa shape index (κ3) is 8.29. The maximum Gasteiger partial charge on any atom is 0.326 e. The van der Waals surface area contributed by atoms with E-state index in [1.807, 2.05) is 30.3 Å². The first kappa shape index (κ1) is 31.0. The topological polar surface area (TPSA) is 195 Å². The van der Waals surface area contributed by atoms with Crippen LogP contribution in [0.15, 0.2) is 73.3 Å². The van der Waals surface area contributed by atoms with Crippen molar-refractivity contribution in [1.82, 2.24) is 30.9 Å². The molecule has 4 aromatic rings. The van der Waals surface area contributed by atoms with Gasteiger partial charge in [0.15, 0.2) is 0 Å². The molecule has 4 unspecified atom stereocenters. The van der Waals surface area contributed by atoms with Crippen LogP contribution in [0.25, 0.3) is 10.9 Å². The largest absolute Gasteiger partial charge is 0.480 e. The van der Waals surface area contributed by atoms with Crippen molar-refractivity contribution in [2.24, 2.45) is 11.7 Å². The Kier molecular flexibility index (Phi) is 10.3. The summed E-state index contributed by atoms with van der Waals surface area (Å²) in [4.78, 5) is 62.1. The number of hydrogen-bond donors (Lipinski definition) is 7. The van der Waals surface area contributed by atoms with Gasteiger partial charge in [-0.2, -0.15) is 0 Å². The van der Waals surface area contributed by atoms with Gasteiger partial charge in [-0.1, -0.05) is 62.4 Å². The van der Waals surface area contributed by atoms with Crippen LogP contribution in [-0.2, 0) is 38.4 Å². The molecule has 0 aliphatic carbocycles. The predicted molar refractivity (Wildman–Crippen MR) is 161 cm³/mol. The number of carbonyl (C=O) groups is 4. The first-order chi connectivity index (χ1) is 20.6. The van der Waals surface area contributed by atoms with Crippen molar-refractivity contribution in [2.45, 2.75) is 57.3 Å². The van der Waals surface area contributed by atoms with Crippen LogP contribution in [0.2, 0.25) is 0 Å². The molecule has 0 aliphatic rings. The van der Waals surface area contributed by atoms with Crippen molar-refractivity contribution in [3.63, 3.8) is 0 Å². The Morgan fingerprint density at radius 1 is 0.837 bits per heavy atom. The van der Waals surface area contributed by atoms with Gasteiger partial charge in [0.25, 0.3) is 0 Å². The molecule has 2 heterocycles. The van der Waals surface area contributed by atoms with E-state index in [2.05, 4.69) is 30.9 Å². The number of carbonyl (C=O) groups excluding carboxylic acids is 3. The highest BCUT2D eigenvalue weighted by Crippen LogP contribution is 2.19. The van der Waals surface area contributed by atoms with Crippen molar-refractivity contribution >= 4 is 34.6 Å². The number of fused-ring (bicyclic) bond motifs is 1. The lowest BCUT2D eigenvalue weighted by Gasteiger charge is -2.26. The number of aromatic nitrogens is 3. The minimum absolute atomic E-state index is 0.0563. The fourth-order valence-corrected chi connectivity index (χ4v) is 4.83. The number of hydrogen-bond acceptors (Lipinski definition) is 6. The van der Waals surface area contributed by atoms with Crippen molar-refractivity contribution < 1.29 is 24.3 Å². The van der Waals surface area contributed by atoms with E-state index in [0.717, 1.165) is 22.0 Å². The molecule has 12 nitrogen and oxygen atoms in total. The molecular formula is C31H37N7O5. The molecule has 0 radical (unpaired) electrons. The summed E-state index contributed by atoms with van der Waals surface area (Å²) in [5, 5.41) is 18.6. The molecule has 0 saturated heterocycles. The molecule has 8 N–H and O–H groups in total. The number of nitrogens with two attached hydrogens (primary N) is 1. The molecule has 0 spiro atoms. The fourth-order valence-electron chi connectivity index (χ4n) is 4.83. The molecule has 0 saturated carbocycles. The van der Waals surface area contributed by atoms with Gasteiger partial charge in [-0.15, -0.1) is 0 Å². The van der Waals surface area contributed by atoms with E-state index in [1.54, 1.807) is 44.3 Å². The normalized spacial score (nSPS) is 14.0. The number of imidazole rings is 1. The lowest BCUT2D eigenvalue weighted by atomic mass is 10.0. The lowest BCUT2D eigenvalue weighted by molar-refractivity contribution is -0.143. The second-order valence-electron chi connectivity index (χ2n) is 10.8. The van der Waals surface area contributed by atoms with Gasteiger partial charge in [0.05, 0.1) is 12.4 Å². The Morgan fingerprint density at radius 2 is 1.49 bits per heavy atom. The van der Waals surface area contributed by atoms with Crippen LogP contribution in [0.3, 0.4) is 0 Å². The van der Waals surface area contributed by atoms with E-state index in [-0.39, 0.29) is 25.2 Å². The minimum Gasteiger partial charge on any atom is -0.480 e.